The van der Waals surface area contributed by atoms with Crippen LogP contribution in [-0.4, -0.2) is 5.78 Å². The minimum absolute atomic E-state index is 0.137. The van der Waals surface area contributed by atoms with Crippen LogP contribution in [0.1, 0.15) is 42.5 Å². The molecule has 0 atom stereocenters. The van der Waals surface area contributed by atoms with E-state index in [0.29, 0.717) is 0 Å². The quantitative estimate of drug-likeness (QED) is 0.581. The maximum atomic E-state index is 13.8. The van der Waals surface area contributed by atoms with Crippen LogP contribution in [0.3, 0.4) is 0 Å². The first kappa shape index (κ1) is 12.7. The molecule has 17 heavy (non-hydrogen) atoms. The number of carbonyl (C=O) groups is 1. The number of rotatable bonds is 2. The average Bonchev–Trinajstić information content (AvgIpc) is 2.35. The fraction of sp³-hybridized carbons (Fsp3) is 0.462. The Morgan fingerprint density at radius 1 is 1.18 bits per heavy atom. The summed E-state index contributed by atoms with van der Waals surface area (Å²) in [5, 5.41) is 0. The first-order valence-corrected chi connectivity index (χ1v) is 6.58. The van der Waals surface area contributed by atoms with E-state index in [4.69, 9.17) is 0 Å². The van der Waals surface area contributed by atoms with Crippen molar-refractivity contribution in [3.63, 3.8) is 0 Å². The highest BCUT2D eigenvalue weighted by Crippen LogP contribution is 2.30. The molecule has 0 amide bonds. The minimum Gasteiger partial charge on any atom is -0.294 e. The molecule has 0 unspecified atom stereocenters. The maximum Gasteiger partial charge on any atom is 0.171 e. The van der Waals surface area contributed by atoms with Crippen molar-refractivity contribution in [3.8, 4) is 0 Å². The molecule has 0 bridgehead atoms. The summed E-state index contributed by atoms with van der Waals surface area (Å²) in [6, 6.07) is 2.41. The van der Waals surface area contributed by atoms with Gasteiger partial charge in [-0.1, -0.05) is 19.3 Å². The van der Waals surface area contributed by atoms with Gasteiger partial charge in [0.15, 0.2) is 11.6 Å². The molecule has 92 valence electrons. The van der Waals surface area contributed by atoms with Crippen LogP contribution in [0.25, 0.3) is 0 Å². The summed E-state index contributed by atoms with van der Waals surface area (Å²) in [6.07, 6.45) is 4.52. The summed E-state index contributed by atoms with van der Waals surface area (Å²) in [7, 11) is 0. The topological polar surface area (TPSA) is 17.1 Å². The summed E-state index contributed by atoms with van der Waals surface area (Å²) in [5.74, 6) is -2.15. The lowest BCUT2D eigenvalue weighted by molar-refractivity contribution is 0.0880. The molecule has 1 fully saturated rings. The van der Waals surface area contributed by atoms with Crippen LogP contribution >= 0.6 is 15.9 Å². The fourth-order valence-electron chi connectivity index (χ4n) is 2.32. The van der Waals surface area contributed by atoms with Gasteiger partial charge in [0.1, 0.15) is 5.82 Å². The molecule has 0 aliphatic heterocycles. The van der Waals surface area contributed by atoms with Crippen molar-refractivity contribution in [1.29, 1.82) is 0 Å². The van der Waals surface area contributed by atoms with E-state index in [9.17, 15) is 13.6 Å². The van der Waals surface area contributed by atoms with Gasteiger partial charge in [-0.05, 0) is 40.9 Å². The first-order valence-electron chi connectivity index (χ1n) is 5.79. The molecule has 1 saturated carbocycles. The molecule has 1 aliphatic carbocycles. The number of hydrogen-bond acceptors (Lipinski definition) is 1. The highest BCUT2D eigenvalue weighted by molar-refractivity contribution is 9.10. The Bertz CT molecular complexity index is 439. The van der Waals surface area contributed by atoms with Crippen molar-refractivity contribution in [3.05, 3.63) is 33.8 Å². The van der Waals surface area contributed by atoms with Crippen LogP contribution in [0.15, 0.2) is 16.6 Å². The van der Waals surface area contributed by atoms with E-state index >= 15 is 0 Å². The van der Waals surface area contributed by atoms with Crippen molar-refractivity contribution in [2.24, 2.45) is 5.92 Å². The zero-order valence-electron chi connectivity index (χ0n) is 9.31. The van der Waals surface area contributed by atoms with E-state index in [1.165, 1.54) is 6.07 Å². The monoisotopic (exact) mass is 302 g/mol. The van der Waals surface area contributed by atoms with Crippen LogP contribution in [0.2, 0.25) is 0 Å². The molecular formula is C13H13BrF2O. The van der Waals surface area contributed by atoms with Gasteiger partial charge in [0.05, 0.1) is 10.0 Å². The second kappa shape index (κ2) is 5.25. The number of benzene rings is 1. The Hall–Kier alpha value is -0.770. The highest BCUT2D eigenvalue weighted by atomic mass is 79.9. The van der Waals surface area contributed by atoms with E-state index in [1.54, 1.807) is 0 Å². The second-order valence-electron chi connectivity index (χ2n) is 4.42. The molecule has 1 aromatic carbocycles. The zero-order chi connectivity index (χ0) is 12.4. The molecule has 1 aliphatic rings. The summed E-state index contributed by atoms with van der Waals surface area (Å²) in [6.45, 7) is 0. The third-order valence-corrected chi connectivity index (χ3v) is 3.88. The molecule has 0 spiro atoms. The Morgan fingerprint density at radius 3 is 2.47 bits per heavy atom. The van der Waals surface area contributed by atoms with Crippen molar-refractivity contribution in [2.75, 3.05) is 0 Å². The molecule has 0 heterocycles. The van der Waals surface area contributed by atoms with Crippen LogP contribution in [0, 0.1) is 17.6 Å². The number of hydrogen-bond donors (Lipinski definition) is 0. The van der Waals surface area contributed by atoms with Crippen LogP contribution < -0.4 is 0 Å². The molecular weight excluding hydrogens is 290 g/mol. The third kappa shape index (κ3) is 2.57. The lowest BCUT2D eigenvalue weighted by Gasteiger charge is -2.20. The Labute approximate surface area is 107 Å². The molecule has 2 rings (SSSR count). The molecule has 4 heteroatoms. The standard InChI is InChI=1S/C13H13BrF2O/c14-9-6-7-10(15)11(12(9)16)13(17)8-4-2-1-3-5-8/h6-8H,1-5H2. The normalized spacial score (nSPS) is 17.1. The van der Waals surface area contributed by atoms with E-state index < -0.39 is 11.6 Å². The largest absolute Gasteiger partial charge is 0.294 e. The van der Waals surface area contributed by atoms with Gasteiger partial charge in [0.25, 0.3) is 0 Å². The lowest BCUT2D eigenvalue weighted by Crippen LogP contribution is -2.20. The Kier molecular flexibility index (Phi) is 3.92. The van der Waals surface area contributed by atoms with E-state index in [2.05, 4.69) is 15.9 Å². The molecule has 1 nitrogen and oxygen atoms in total. The maximum absolute atomic E-state index is 13.8. The van der Waals surface area contributed by atoms with Crippen molar-refractivity contribution >= 4 is 21.7 Å². The van der Waals surface area contributed by atoms with Crippen LogP contribution in [-0.2, 0) is 0 Å². The van der Waals surface area contributed by atoms with E-state index in [0.717, 1.165) is 38.2 Å². The number of carbonyl (C=O) groups excluding carboxylic acids is 1. The van der Waals surface area contributed by atoms with Gasteiger partial charge < -0.3 is 0 Å². The average molecular weight is 303 g/mol. The van der Waals surface area contributed by atoms with Gasteiger partial charge in [-0.15, -0.1) is 0 Å². The molecule has 0 saturated heterocycles. The number of Topliss-reactive ketones (excluding diaryl/α,β-unsaturated/α-hetero) is 1. The summed E-state index contributed by atoms with van der Waals surface area (Å²) in [5.41, 5.74) is -0.383. The highest BCUT2D eigenvalue weighted by Gasteiger charge is 2.27. The van der Waals surface area contributed by atoms with Crippen molar-refractivity contribution in [2.45, 2.75) is 32.1 Å². The van der Waals surface area contributed by atoms with Gasteiger partial charge in [0.2, 0.25) is 0 Å². The van der Waals surface area contributed by atoms with Gasteiger partial charge in [-0.3, -0.25) is 4.79 Å². The Morgan fingerprint density at radius 2 is 1.82 bits per heavy atom. The van der Waals surface area contributed by atoms with Gasteiger partial charge in [-0.2, -0.15) is 0 Å². The van der Waals surface area contributed by atoms with Crippen molar-refractivity contribution in [1.82, 2.24) is 0 Å². The Balaban J connectivity index is 2.32. The first-order chi connectivity index (χ1) is 8.11. The molecule has 1 aromatic rings. The molecule has 0 N–H and O–H groups in total. The summed E-state index contributed by atoms with van der Waals surface area (Å²) >= 11 is 2.98. The van der Waals surface area contributed by atoms with Crippen LogP contribution in [0.4, 0.5) is 8.78 Å². The van der Waals surface area contributed by atoms with Crippen LogP contribution in [0.5, 0.6) is 0 Å². The zero-order valence-corrected chi connectivity index (χ0v) is 10.9. The predicted octanol–water partition coefficient (Wildman–Crippen LogP) is 4.49. The third-order valence-electron chi connectivity index (χ3n) is 3.27. The summed E-state index contributed by atoms with van der Waals surface area (Å²) in [4.78, 5) is 12.1. The minimum atomic E-state index is -0.777. The van der Waals surface area contributed by atoms with Gasteiger partial charge in [-0.25, -0.2) is 8.78 Å². The van der Waals surface area contributed by atoms with Crippen molar-refractivity contribution < 1.29 is 13.6 Å². The molecule has 0 radical (unpaired) electrons. The second-order valence-corrected chi connectivity index (χ2v) is 5.27. The predicted molar refractivity (Wildman–Crippen MR) is 65.0 cm³/mol. The summed E-state index contributed by atoms with van der Waals surface area (Å²) < 4.78 is 27.5. The van der Waals surface area contributed by atoms with Gasteiger partial charge in [0, 0.05) is 5.92 Å². The molecule has 0 aromatic heterocycles. The number of ketones is 1. The number of halogens is 3. The SMILES string of the molecule is O=C(c1c(F)ccc(Br)c1F)C1CCCCC1. The van der Waals surface area contributed by atoms with Gasteiger partial charge >= 0.3 is 0 Å². The smallest absolute Gasteiger partial charge is 0.171 e. The van der Waals surface area contributed by atoms with E-state index in [-0.39, 0.29) is 21.7 Å². The van der Waals surface area contributed by atoms with E-state index in [1.807, 2.05) is 0 Å². The fourth-order valence-corrected chi connectivity index (χ4v) is 2.65. The lowest BCUT2D eigenvalue weighted by atomic mass is 9.83.